The molecule has 0 aliphatic carbocycles. The standard InChI is InChI=1S/C24H19FN2O5S/c1-32-19-11-9-18(10-12-19)27-22(28)15-33(30,31)24(27)20-7-2-3-8-21(20)26(23(24)29)14-16-5-4-6-17(25)13-16/h2-13H,14-15H2,1H3/t24-/m1/s1. The van der Waals surface area contributed by atoms with Crippen molar-refractivity contribution >= 4 is 33.0 Å². The second kappa shape index (κ2) is 7.41. The summed E-state index contributed by atoms with van der Waals surface area (Å²) in [6.45, 7) is -0.0461. The molecule has 9 heteroatoms. The predicted molar refractivity (Wildman–Crippen MR) is 120 cm³/mol. The van der Waals surface area contributed by atoms with Crippen molar-refractivity contribution in [2.75, 3.05) is 22.7 Å². The van der Waals surface area contributed by atoms with E-state index in [0.717, 1.165) is 4.90 Å². The Bertz CT molecular complexity index is 1390. The van der Waals surface area contributed by atoms with Crippen molar-refractivity contribution in [3.63, 3.8) is 0 Å². The number of halogens is 1. The molecule has 2 heterocycles. The Morgan fingerprint density at radius 1 is 1.00 bits per heavy atom. The second-order valence-electron chi connectivity index (χ2n) is 7.87. The van der Waals surface area contributed by atoms with E-state index < -0.39 is 38.1 Å². The average Bonchev–Trinajstić information content (AvgIpc) is 3.17. The summed E-state index contributed by atoms with van der Waals surface area (Å²) in [4.78, 5) is 27.2. The number of methoxy groups -OCH3 is 1. The number of amides is 2. The molecule has 33 heavy (non-hydrogen) atoms. The molecule has 168 valence electrons. The van der Waals surface area contributed by atoms with Crippen LogP contribution in [-0.4, -0.2) is 33.1 Å². The van der Waals surface area contributed by atoms with E-state index in [4.69, 9.17) is 4.74 Å². The molecule has 0 saturated carbocycles. The van der Waals surface area contributed by atoms with E-state index in [2.05, 4.69) is 0 Å². The molecular weight excluding hydrogens is 447 g/mol. The van der Waals surface area contributed by atoms with Gasteiger partial charge in [0.1, 0.15) is 17.3 Å². The zero-order chi connectivity index (χ0) is 23.4. The van der Waals surface area contributed by atoms with Gasteiger partial charge in [0.05, 0.1) is 19.3 Å². The molecule has 0 bridgehead atoms. The molecule has 2 amide bonds. The number of carbonyl (C=O) groups excluding carboxylic acids is 2. The van der Waals surface area contributed by atoms with Crippen LogP contribution < -0.4 is 14.5 Å². The van der Waals surface area contributed by atoms with E-state index in [1.54, 1.807) is 54.6 Å². The number of para-hydroxylation sites is 1. The van der Waals surface area contributed by atoms with Crippen LogP contribution in [0.2, 0.25) is 0 Å². The maximum atomic E-state index is 14.0. The molecule has 2 aliphatic rings. The molecule has 5 rings (SSSR count). The van der Waals surface area contributed by atoms with E-state index in [0.29, 0.717) is 17.0 Å². The molecule has 1 spiro atoms. The third-order valence-electron chi connectivity index (χ3n) is 5.98. The zero-order valence-electron chi connectivity index (χ0n) is 17.6. The van der Waals surface area contributed by atoms with Crippen molar-refractivity contribution in [3.05, 3.63) is 89.7 Å². The van der Waals surface area contributed by atoms with E-state index in [1.165, 1.54) is 30.2 Å². The first-order chi connectivity index (χ1) is 15.8. The fourth-order valence-electron chi connectivity index (χ4n) is 4.60. The second-order valence-corrected chi connectivity index (χ2v) is 9.98. The van der Waals surface area contributed by atoms with Crippen molar-refractivity contribution in [2.45, 2.75) is 11.4 Å². The Morgan fingerprint density at radius 2 is 1.73 bits per heavy atom. The number of sulfone groups is 1. The smallest absolute Gasteiger partial charge is 0.274 e. The van der Waals surface area contributed by atoms with Crippen LogP contribution in [0.4, 0.5) is 15.8 Å². The summed E-state index contributed by atoms with van der Waals surface area (Å²) in [6.07, 6.45) is 0. The van der Waals surface area contributed by atoms with Gasteiger partial charge in [-0.15, -0.1) is 0 Å². The number of carbonyl (C=O) groups is 2. The Kier molecular flexibility index (Phi) is 4.75. The van der Waals surface area contributed by atoms with Gasteiger partial charge in [-0.3, -0.25) is 14.5 Å². The molecular formula is C24H19FN2O5S. The minimum atomic E-state index is -4.26. The van der Waals surface area contributed by atoms with Crippen molar-refractivity contribution < 1.29 is 27.1 Å². The number of fused-ring (bicyclic) bond motifs is 2. The van der Waals surface area contributed by atoms with Crippen LogP contribution >= 0.6 is 0 Å². The van der Waals surface area contributed by atoms with Gasteiger partial charge < -0.3 is 9.64 Å². The molecule has 0 unspecified atom stereocenters. The topological polar surface area (TPSA) is 84.0 Å². The first-order valence-electron chi connectivity index (χ1n) is 10.1. The zero-order valence-corrected chi connectivity index (χ0v) is 18.4. The van der Waals surface area contributed by atoms with Gasteiger partial charge in [0.25, 0.3) is 10.8 Å². The molecule has 1 saturated heterocycles. The highest BCUT2D eigenvalue weighted by molar-refractivity contribution is 7.94. The number of benzene rings is 3. The van der Waals surface area contributed by atoms with Crippen LogP contribution in [-0.2, 0) is 30.8 Å². The first kappa shape index (κ1) is 21.1. The summed E-state index contributed by atoms with van der Waals surface area (Å²) in [6, 6.07) is 18.5. The number of rotatable bonds is 4. The number of hydrogen-bond acceptors (Lipinski definition) is 5. The van der Waals surface area contributed by atoms with Crippen LogP contribution in [0.1, 0.15) is 11.1 Å². The number of ether oxygens (including phenoxy) is 1. The maximum Gasteiger partial charge on any atom is 0.274 e. The fraction of sp³-hybridized carbons (Fsp3) is 0.167. The third-order valence-corrected chi connectivity index (χ3v) is 8.09. The summed E-state index contributed by atoms with van der Waals surface area (Å²) in [5, 5.41) is 0. The Morgan fingerprint density at radius 3 is 2.42 bits per heavy atom. The van der Waals surface area contributed by atoms with Gasteiger partial charge in [0, 0.05) is 11.3 Å². The number of nitrogens with zero attached hydrogens (tertiary/aromatic N) is 2. The Hall–Kier alpha value is -3.72. The van der Waals surface area contributed by atoms with Gasteiger partial charge in [0.15, 0.2) is 9.84 Å². The molecule has 0 N–H and O–H groups in total. The van der Waals surface area contributed by atoms with Crippen LogP contribution in [0.5, 0.6) is 5.75 Å². The van der Waals surface area contributed by atoms with Crippen LogP contribution in [0.15, 0.2) is 72.8 Å². The Labute approximate surface area is 189 Å². The highest BCUT2D eigenvalue weighted by atomic mass is 32.2. The lowest BCUT2D eigenvalue weighted by atomic mass is 10.0. The van der Waals surface area contributed by atoms with Gasteiger partial charge >= 0.3 is 0 Å². The summed E-state index contributed by atoms with van der Waals surface area (Å²) < 4.78 is 46.0. The average molecular weight is 466 g/mol. The van der Waals surface area contributed by atoms with Crippen LogP contribution in [0, 0.1) is 5.82 Å². The predicted octanol–water partition coefficient (Wildman–Crippen LogP) is 3.00. The molecule has 0 radical (unpaired) electrons. The lowest BCUT2D eigenvalue weighted by Gasteiger charge is -2.32. The molecule has 3 aromatic rings. The van der Waals surface area contributed by atoms with E-state index in [9.17, 15) is 22.4 Å². The fourth-order valence-corrected chi connectivity index (χ4v) is 6.63. The molecule has 1 fully saturated rings. The summed E-state index contributed by atoms with van der Waals surface area (Å²) in [7, 11) is -2.78. The Balaban J connectivity index is 1.71. The monoisotopic (exact) mass is 466 g/mol. The first-order valence-corrected chi connectivity index (χ1v) is 11.8. The minimum Gasteiger partial charge on any atom is -0.497 e. The number of hydrogen-bond donors (Lipinski definition) is 0. The molecule has 1 atom stereocenters. The van der Waals surface area contributed by atoms with Crippen molar-refractivity contribution in [1.82, 2.24) is 0 Å². The maximum absolute atomic E-state index is 14.0. The summed E-state index contributed by atoms with van der Waals surface area (Å²) in [5.41, 5.74) is 1.32. The van der Waals surface area contributed by atoms with Gasteiger partial charge in [-0.2, -0.15) is 0 Å². The number of anilines is 2. The molecule has 2 aliphatic heterocycles. The quantitative estimate of drug-likeness (QED) is 0.590. The van der Waals surface area contributed by atoms with E-state index in [-0.39, 0.29) is 17.8 Å². The van der Waals surface area contributed by atoms with Crippen LogP contribution in [0.25, 0.3) is 0 Å². The van der Waals surface area contributed by atoms with Gasteiger partial charge in [0.2, 0.25) is 5.91 Å². The highest BCUT2D eigenvalue weighted by Gasteiger charge is 2.69. The van der Waals surface area contributed by atoms with Crippen molar-refractivity contribution in [1.29, 1.82) is 0 Å². The van der Waals surface area contributed by atoms with Crippen molar-refractivity contribution in [3.8, 4) is 5.75 Å². The SMILES string of the molecule is COc1ccc(N2C(=O)CS(=O)(=O)[C@]23C(=O)N(Cc2cccc(F)c2)c2ccccc23)cc1. The minimum absolute atomic E-state index is 0.0461. The third kappa shape index (κ3) is 2.96. The highest BCUT2D eigenvalue weighted by Crippen LogP contribution is 2.52. The van der Waals surface area contributed by atoms with Gasteiger partial charge in [-0.05, 0) is 48.0 Å². The molecule has 7 nitrogen and oxygen atoms in total. The van der Waals surface area contributed by atoms with Gasteiger partial charge in [-0.1, -0.05) is 30.3 Å². The molecule has 3 aromatic carbocycles. The van der Waals surface area contributed by atoms with Crippen molar-refractivity contribution in [2.24, 2.45) is 0 Å². The lowest BCUT2D eigenvalue weighted by molar-refractivity contribution is -0.123. The molecule has 0 aromatic heterocycles. The largest absolute Gasteiger partial charge is 0.497 e. The van der Waals surface area contributed by atoms with Gasteiger partial charge in [-0.25, -0.2) is 12.8 Å². The van der Waals surface area contributed by atoms with Crippen LogP contribution in [0.3, 0.4) is 0 Å². The van der Waals surface area contributed by atoms with E-state index >= 15 is 0 Å². The summed E-state index contributed by atoms with van der Waals surface area (Å²) in [5.74, 6) is -2.21. The lowest BCUT2D eigenvalue weighted by Crippen LogP contribution is -2.54. The summed E-state index contributed by atoms with van der Waals surface area (Å²) >= 11 is 0. The normalized spacial score (nSPS) is 21.0. The van der Waals surface area contributed by atoms with E-state index in [1.807, 2.05) is 0 Å².